The van der Waals surface area contributed by atoms with Crippen molar-refractivity contribution in [2.75, 3.05) is 17.7 Å². The van der Waals surface area contributed by atoms with Gasteiger partial charge in [-0.15, -0.1) is 0 Å². The third-order valence-corrected chi connectivity index (χ3v) is 4.85. The number of carbonyl (C=O) groups excluding carboxylic acids is 2. The highest BCUT2D eigenvalue weighted by molar-refractivity contribution is 5.99. The topological polar surface area (TPSA) is 70.7 Å². The summed E-state index contributed by atoms with van der Waals surface area (Å²) in [6, 6.07) is 5.49. The molecule has 0 spiro atoms. The predicted molar refractivity (Wildman–Crippen MR) is 93.4 cm³/mol. The van der Waals surface area contributed by atoms with Gasteiger partial charge in [0, 0.05) is 18.8 Å². The Bertz CT molecular complexity index is 624. The van der Waals surface area contributed by atoms with Crippen LogP contribution in [-0.2, 0) is 4.79 Å². The number of nitrogens with one attached hydrogen (secondary N) is 2. The molecule has 3 amide bonds. The Labute approximate surface area is 142 Å². The molecule has 6 heteroatoms. The van der Waals surface area contributed by atoms with Crippen molar-refractivity contribution in [3.63, 3.8) is 0 Å². The molecular formula is C18H25N3O3. The molecule has 1 saturated carbocycles. The van der Waals surface area contributed by atoms with E-state index in [0.29, 0.717) is 23.2 Å². The zero-order chi connectivity index (χ0) is 17.1. The maximum atomic E-state index is 12.5. The molecule has 1 heterocycles. The Morgan fingerprint density at radius 3 is 2.67 bits per heavy atom. The van der Waals surface area contributed by atoms with E-state index in [-0.39, 0.29) is 11.9 Å². The summed E-state index contributed by atoms with van der Waals surface area (Å²) in [4.78, 5) is 26.0. The van der Waals surface area contributed by atoms with Crippen molar-refractivity contribution in [2.45, 2.75) is 57.6 Å². The van der Waals surface area contributed by atoms with Gasteiger partial charge < -0.3 is 20.3 Å². The third kappa shape index (κ3) is 3.63. The van der Waals surface area contributed by atoms with Crippen LogP contribution >= 0.6 is 0 Å². The van der Waals surface area contributed by atoms with E-state index in [9.17, 15) is 9.59 Å². The lowest BCUT2D eigenvalue weighted by Crippen LogP contribution is -2.39. The molecule has 2 aliphatic rings. The lowest BCUT2D eigenvalue weighted by atomic mass is 10.1. The number of amides is 3. The third-order valence-electron chi connectivity index (χ3n) is 4.85. The van der Waals surface area contributed by atoms with Gasteiger partial charge >= 0.3 is 6.03 Å². The molecule has 6 nitrogen and oxygen atoms in total. The van der Waals surface area contributed by atoms with Gasteiger partial charge in [0.25, 0.3) is 5.91 Å². The Kier molecular flexibility index (Phi) is 4.92. The largest absolute Gasteiger partial charge is 0.479 e. The first-order chi connectivity index (χ1) is 11.5. The maximum absolute atomic E-state index is 12.5. The number of anilines is 2. The molecule has 3 rings (SSSR count). The van der Waals surface area contributed by atoms with E-state index in [2.05, 4.69) is 10.6 Å². The Balaban J connectivity index is 1.66. The van der Waals surface area contributed by atoms with Crippen LogP contribution in [0.5, 0.6) is 5.75 Å². The van der Waals surface area contributed by atoms with Crippen LogP contribution in [-0.4, -0.2) is 36.0 Å². The van der Waals surface area contributed by atoms with Crippen molar-refractivity contribution >= 4 is 23.3 Å². The van der Waals surface area contributed by atoms with Crippen molar-refractivity contribution in [3.05, 3.63) is 18.2 Å². The van der Waals surface area contributed by atoms with E-state index in [1.165, 1.54) is 25.7 Å². The molecule has 0 saturated heterocycles. The molecule has 0 radical (unpaired) electrons. The molecule has 1 fully saturated rings. The number of carbonyl (C=O) groups is 2. The van der Waals surface area contributed by atoms with Crippen molar-refractivity contribution in [3.8, 4) is 5.75 Å². The predicted octanol–water partition coefficient (Wildman–Crippen LogP) is 3.59. The van der Waals surface area contributed by atoms with Gasteiger partial charge in [-0.25, -0.2) is 4.79 Å². The molecule has 130 valence electrons. The Morgan fingerprint density at radius 1 is 1.25 bits per heavy atom. The second-order valence-electron chi connectivity index (χ2n) is 6.65. The molecule has 1 atom stereocenters. The number of ether oxygens (including phenoxy) is 1. The first kappa shape index (κ1) is 16.6. The van der Waals surface area contributed by atoms with Gasteiger partial charge in [-0.2, -0.15) is 0 Å². The lowest BCUT2D eigenvalue weighted by molar-refractivity contribution is -0.122. The standard InChI is InChI=1S/C18H25N3O3/c1-12-17(22)20-15-11-13(9-10-16(15)24-12)19-18(23)21(2)14-7-5-3-4-6-8-14/h9-12,14H,3-8H2,1-2H3,(H,19,23)(H,20,22). The van der Waals surface area contributed by atoms with E-state index in [4.69, 9.17) is 4.74 Å². The molecule has 24 heavy (non-hydrogen) atoms. The molecule has 0 aromatic heterocycles. The first-order valence-corrected chi connectivity index (χ1v) is 8.70. The molecule has 1 aliphatic heterocycles. The molecular weight excluding hydrogens is 306 g/mol. The van der Waals surface area contributed by atoms with Crippen LogP contribution in [0.25, 0.3) is 0 Å². The summed E-state index contributed by atoms with van der Waals surface area (Å²) >= 11 is 0. The highest BCUT2D eigenvalue weighted by Crippen LogP contribution is 2.32. The van der Waals surface area contributed by atoms with Crippen LogP contribution in [0.1, 0.15) is 45.4 Å². The average Bonchev–Trinajstić information content (AvgIpc) is 2.84. The van der Waals surface area contributed by atoms with Gasteiger partial charge in [-0.1, -0.05) is 25.7 Å². The van der Waals surface area contributed by atoms with Gasteiger partial charge in [-0.3, -0.25) is 4.79 Å². The summed E-state index contributed by atoms with van der Waals surface area (Å²) < 4.78 is 5.53. The maximum Gasteiger partial charge on any atom is 0.321 e. The number of rotatable bonds is 2. The second-order valence-corrected chi connectivity index (χ2v) is 6.65. The number of urea groups is 1. The summed E-state index contributed by atoms with van der Waals surface area (Å²) in [5.41, 5.74) is 1.24. The summed E-state index contributed by atoms with van der Waals surface area (Å²) in [6.45, 7) is 1.70. The Morgan fingerprint density at radius 2 is 1.96 bits per heavy atom. The van der Waals surface area contributed by atoms with Gasteiger partial charge in [-0.05, 0) is 38.0 Å². The highest BCUT2D eigenvalue weighted by atomic mass is 16.5. The molecule has 1 unspecified atom stereocenters. The van der Waals surface area contributed by atoms with E-state index >= 15 is 0 Å². The average molecular weight is 331 g/mol. The second kappa shape index (κ2) is 7.11. The smallest absolute Gasteiger partial charge is 0.321 e. The SMILES string of the molecule is CC1Oc2ccc(NC(=O)N(C)C3CCCCCC3)cc2NC1=O. The zero-order valence-corrected chi connectivity index (χ0v) is 14.3. The number of nitrogens with zero attached hydrogens (tertiary/aromatic N) is 1. The number of hydrogen-bond donors (Lipinski definition) is 2. The summed E-state index contributed by atoms with van der Waals surface area (Å²) in [5.74, 6) is 0.443. The molecule has 1 aromatic rings. The first-order valence-electron chi connectivity index (χ1n) is 8.70. The van der Waals surface area contributed by atoms with E-state index in [1.54, 1.807) is 25.1 Å². The van der Waals surface area contributed by atoms with Gasteiger partial charge in [0.15, 0.2) is 6.10 Å². The van der Waals surface area contributed by atoms with Crippen molar-refractivity contribution in [1.29, 1.82) is 0 Å². The minimum atomic E-state index is -0.501. The van der Waals surface area contributed by atoms with Crippen LogP contribution < -0.4 is 15.4 Å². The van der Waals surface area contributed by atoms with Crippen molar-refractivity contribution < 1.29 is 14.3 Å². The van der Waals surface area contributed by atoms with E-state index in [0.717, 1.165) is 12.8 Å². The summed E-state index contributed by atoms with van der Waals surface area (Å²) in [7, 11) is 1.86. The number of benzene rings is 1. The molecule has 2 N–H and O–H groups in total. The van der Waals surface area contributed by atoms with E-state index in [1.807, 2.05) is 11.9 Å². The minimum Gasteiger partial charge on any atom is -0.479 e. The highest BCUT2D eigenvalue weighted by Gasteiger charge is 2.25. The fourth-order valence-electron chi connectivity index (χ4n) is 3.31. The quantitative estimate of drug-likeness (QED) is 0.814. The monoisotopic (exact) mass is 331 g/mol. The summed E-state index contributed by atoms with van der Waals surface area (Å²) in [6.07, 6.45) is 6.51. The van der Waals surface area contributed by atoms with Gasteiger partial charge in [0.1, 0.15) is 5.75 Å². The minimum absolute atomic E-state index is 0.113. The fourth-order valence-corrected chi connectivity index (χ4v) is 3.31. The van der Waals surface area contributed by atoms with Crippen LogP contribution in [0, 0.1) is 0 Å². The number of fused-ring (bicyclic) bond motifs is 1. The van der Waals surface area contributed by atoms with Crippen LogP contribution in [0.3, 0.4) is 0 Å². The summed E-state index contributed by atoms with van der Waals surface area (Å²) in [5, 5.41) is 5.71. The molecule has 1 aromatic carbocycles. The normalized spacial score (nSPS) is 21.1. The zero-order valence-electron chi connectivity index (χ0n) is 14.3. The fraction of sp³-hybridized carbons (Fsp3) is 0.556. The Hall–Kier alpha value is -2.24. The van der Waals surface area contributed by atoms with Crippen LogP contribution in [0.2, 0.25) is 0 Å². The van der Waals surface area contributed by atoms with Crippen LogP contribution in [0.4, 0.5) is 16.2 Å². The number of hydrogen-bond acceptors (Lipinski definition) is 3. The van der Waals surface area contributed by atoms with Gasteiger partial charge in [0.05, 0.1) is 5.69 Å². The van der Waals surface area contributed by atoms with E-state index < -0.39 is 6.10 Å². The van der Waals surface area contributed by atoms with Crippen molar-refractivity contribution in [1.82, 2.24) is 4.90 Å². The van der Waals surface area contributed by atoms with Crippen molar-refractivity contribution in [2.24, 2.45) is 0 Å². The molecule has 1 aliphatic carbocycles. The van der Waals surface area contributed by atoms with Crippen LogP contribution in [0.15, 0.2) is 18.2 Å². The molecule has 0 bridgehead atoms. The lowest BCUT2D eigenvalue weighted by Gasteiger charge is -2.28. The van der Waals surface area contributed by atoms with Gasteiger partial charge in [0.2, 0.25) is 0 Å².